The topological polar surface area (TPSA) is 26.3 Å². The van der Waals surface area contributed by atoms with Crippen LogP contribution in [0.15, 0.2) is 18.2 Å². The van der Waals surface area contributed by atoms with Gasteiger partial charge in [0.1, 0.15) is 6.61 Å². The fourth-order valence-corrected chi connectivity index (χ4v) is 1.43. The number of benzene rings is 1. The van der Waals surface area contributed by atoms with Gasteiger partial charge in [0.05, 0.1) is 0 Å². The fourth-order valence-electron chi connectivity index (χ4n) is 1.17. The van der Waals surface area contributed by atoms with Crippen LogP contribution in [0.1, 0.15) is 25.0 Å². The minimum absolute atomic E-state index is 0.0566. The number of alkyl halides is 2. The van der Waals surface area contributed by atoms with Crippen LogP contribution in [0.4, 0.5) is 8.78 Å². The van der Waals surface area contributed by atoms with Crippen LogP contribution in [0.5, 0.6) is 0 Å². The first kappa shape index (κ1) is 12.9. The Hall–Kier alpha value is -1.16. The van der Waals surface area contributed by atoms with Crippen LogP contribution in [-0.2, 0) is 22.1 Å². The highest BCUT2D eigenvalue weighted by Crippen LogP contribution is 2.30. The van der Waals surface area contributed by atoms with Gasteiger partial charge in [0.25, 0.3) is 5.92 Å². The molecule has 0 aliphatic carbocycles. The van der Waals surface area contributed by atoms with Gasteiger partial charge in [0.15, 0.2) is 0 Å². The van der Waals surface area contributed by atoms with Crippen molar-refractivity contribution in [3.63, 3.8) is 0 Å². The van der Waals surface area contributed by atoms with Gasteiger partial charge in [-0.3, -0.25) is 4.79 Å². The molecule has 0 fully saturated rings. The number of esters is 1. The molecule has 0 aliphatic rings. The van der Waals surface area contributed by atoms with Gasteiger partial charge in [-0.2, -0.15) is 0 Å². The second kappa shape index (κ2) is 4.78. The summed E-state index contributed by atoms with van der Waals surface area (Å²) in [5, 5.41) is 0.196. The van der Waals surface area contributed by atoms with Crippen LogP contribution in [0.3, 0.4) is 0 Å². The molecule has 16 heavy (non-hydrogen) atoms. The molecule has 5 heteroatoms. The monoisotopic (exact) mass is 248 g/mol. The Bertz CT molecular complexity index is 399. The van der Waals surface area contributed by atoms with E-state index in [9.17, 15) is 13.6 Å². The van der Waals surface area contributed by atoms with Crippen LogP contribution in [0, 0.1) is 0 Å². The predicted molar refractivity (Wildman–Crippen MR) is 56.5 cm³/mol. The molecule has 0 aliphatic heterocycles. The first-order valence-electron chi connectivity index (χ1n) is 4.60. The highest BCUT2D eigenvalue weighted by atomic mass is 35.5. The molecule has 0 aromatic heterocycles. The number of hydrogen-bond acceptors (Lipinski definition) is 2. The standard InChI is InChI=1S/C11H11ClF2O2/c1-7(15)16-6-8-3-9(11(2,13)14)5-10(12)4-8/h3-5H,6H2,1-2H3. The van der Waals surface area contributed by atoms with E-state index >= 15 is 0 Å². The third kappa shape index (κ3) is 3.77. The van der Waals surface area contributed by atoms with E-state index in [1.165, 1.54) is 25.1 Å². The minimum atomic E-state index is -2.96. The van der Waals surface area contributed by atoms with E-state index in [0.29, 0.717) is 5.56 Å². The van der Waals surface area contributed by atoms with Crippen molar-refractivity contribution in [1.82, 2.24) is 0 Å². The van der Waals surface area contributed by atoms with Crippen molar-refractivity contribution >= 4 is 17.6 Å². The van der Waals surface area contributed by atoms with Crippen molar-refractivity contribution in [2.75, 3.05) is 0 Å². The van der Waals surface area contributed by atoms with Gasteiger partial charge in [-0.1, -0.05) is 11.6 Å². The number of carbonyl (C=O) groups is 1. The quantitative estimate of drug-likeness (QED) is 0.765. The molecule has 1 aromatic carbocycles. The molecule has 0 unspecified atom stereocenters. The third-order valence-electron chi connectivity index (χ3n) is 1.91. The van der Waals surface area contributed by atoms with E-state index in [1.54, 1.807) is 0 Å². The predicted octanol–water partition coefficient (Wildman–Crippen LogP) is 3.51. The molecule has 0 N–H and O–H groups in total. The molecule has 0 saturated carbocycles. The van der Waals surface area contributed by atoms with Crippen LogP contribution < -0.4 is 0 Å². The van der Waals surface area contributed by atoms with E-state index < -0.39 is 11.9 Å². The first-order valence-corrected chi connectivity index (χ1v) is 4.98. The maximum atomic E-state index is 13.0. The van der Waals surface area contributed by atoms with Crippen molar-refractivity contribution < 1.29 is 18.3 Å². The van der Waals surface area contributed by atoms with Gasteiger partial charge < -0.3 is 4.74 Å². The zero-order valence-electron chi connectivity index (χ0n) is 8.89. The summed E-state index contributed by atoms with van der Waals surface area (Å²) in [7, 11) is 0. The Balaban J connectivity index is 2.94. The molecule has 88 valence electrons. The summed E-state index contributed by atoms with van der Waals surface area (Å²) in [6.07, 6.45) is 0. The molecule has 0 heterocycles. The van der Waals surface area contributed by atoms with E-state index in [2.05, 4.69) is 0 Å². The molecule has 0 amide bonds. The van der Waals surface area contributed by atoms with E-state index in [-0.39, 0.29) is 17.2 Å². The average Bonchev–Trinajstić information content (AvgIpc) is 2.12. The lowest BCUT2D eigenvalue weighted by atomic mass is 10.1. The van der Waals surface area contributed by atoms with Crippen LogP contribution in [0.2, 0.25) is 5.02 Å². The van der Waals surface area contributed by atoms with Gasteiger partial charge in [0.2, 0.25) is 0 Å². The summed E-state index contributed by atoms with van der Waals surface area (Å²) in [6.45, 7) is 1.98. The lowest BCUT2D eigenvalue weighted by molar-refractivity contribution is -0.142. The average molecular weight is 249 g/mol. The van der Waals surface area contributed by atoms with Crippen molar-refractivity contribution in [1.29, 1.82) is 0 Å². The Labute approximate surface area is 97.2 Å². The number of halogens is 3. The van der Waals surface area contributed by atoms with Gasteiger partial charge in [0, 0.05) is 24.4 Å². The zero-order valence-corrected chi connectivity index (χ0v) is 9.65. The number of hydrogen-bond donors (Lipinski definition) is 0. The molecule has 1 aromatic rings. The minimum Gasteiger partial charge on any atom is -0.461 e. The molecule has 0 radical (unpaired) electrons. The molecule has 0 spiro atoms. The van der Waals surface area contributed by atoms with Crippen LogP contribution >= 0.6 is 11.6 Å². The molecular weight excluding hydrogens is 238 g/mol. The fraction of sp³-hybridized carbons (Fsp3) is 0.364. The third-order valence-corrected chi connectivity index (χ3v) is 2.12. The molecule has 0 saturated heterocycles. The van der Waals surface area contributed by atoms with Gasteiger partial charge in [-0.25, -0.2) is 8.78 Å². The van der Waals surface area contributed by atoms with E-state index in [1.807, 2.05) is 0 Å². The van der Waals surface area contributed by atoms with Crippen molar-refractivity contribution in [2.24, 2.45) is 0 Å². The zero-order chi connectivity index (χ0) is 12.3. The summed E-state index contributed by atoms with van der Waals surface area (Å²) in [5.74, 6) is -3.43. The molecule has 0 bridgehead atoms. The molecular formula is C11H11ClF2O2. The Morgan fingerprint density at radius 3 is 2.56 bits per heavy atom. The lowest BCUT2D eigenvalue weighted by Crippen LogP contribution is -2.08. The maximum absolute atomic E-state index is 13.0. The second-order valence-electron chi connectivity index (χ2n) is 3.52. The lowest BCUT2D eigenvalue weighted by Gasteiger charge is -2.12. The molecule has 0 atom stereocenters. The molecule has 1 rings (SSSR count). The van der Waals surface area contributed by atoms with Crippen LogP contribution in [-0.4, -0.2) is 5.97 Å². The summed E-state index contributed by atoms with van der Waals surface area (Å²) in [4.78, 5) is 10.6. The van der Waals surface area contributed by atoms with Gasteiger partial charge >= 0.3 is 5.97 Å². The highest BCUT2D eigenvalue weighted by Gasteiger charge is 2.25. The number of carbonyl (C=O) groups excluding carboxylic acids is 1. The molecule has 2 nitrogen and oxygen atoms in total. The smallest absolute Gasteiger partial charge is 0.302 e. The second-order valence-corrected chi connectivity index (χ2v) is 3.95. The largest absolute Gasteiger partial charge is 0.461 e. The maximum Gasteiger partial charge on any atom is 0.302 e. The van der Waals surface area contributed by atoms with Crippen molar-refractivity contribution in [3.8, 4) is 0 Å². The van der Waals surface area contributed by atoms with Gasteiger partial charge in [-0.05, 0) is 23.8 Å². The number of ether oxygens (including phenoxy) is 1. The Morgan fingerprint density at radius 2 is 2.06 bits per heavy atom. The Kier molecular flexibility index (Phi) is 3.86. The summed E-state index contributed by atoms with van der Waals surface area (Å²) in [6, 6.07) is 3.95. The summed E-state index contributed by atoms with van der Waals surface area (Å²) >= 11 is 5.70. The first-order chi connectivity index (χ1) is 7.29. The summed E-state index contributed by atoms with van der Waals surface area (Å²) < 4.78 is 30.8. The van der Waals surface area contributed by atoms with E-state index in [0.717, 1.165) is 6.92 Å². The van der Waals surface area contributed by atoms with Crippen LogP contribution in [0.25, 0.3) is 0 Å². The SMILES string of the molecule is CC(=O)OCc1cc(Cl)cc(C(C)(F)F)c1. The summed E-state index contributed by atoms with van der Waals surface area (Å²) in [5.41, 5.74) is 0.251. The Morgan fingerprint density at radius 1 is 1.44 bits per heavy atom. The highest BCUT2D eigenvalue weighted by molar-refractivity contribution is 6.30. The number of rotatable bonds is 3. The van der Waals surface area contributed by atoms with Crippen molar-refractivity contribution in [3.05, 3.63) is 34.3 Å². The van der Waals surface area contributed by atoms with E-state index in [4.69, 9.17) is 16.3 Å². The van der Waals surface area contributed by atoms with Gasteiger partial charge in [-0.15, -0.1) is 0 Å². The van der Waals surface area contributed by atoms with Crippen molar-refractivity contribution in [2.45, 2.75) is 26.4 Å². The normalized spacial score (nSPS) is 11.3.